The molecule has 4 atom stereocenters. The lowest BCUT2D eigenvalue weighted by Crippen LogP contribution is -2.49. The fraction of sp³-hybridized carbons (Fsp3) is 0.833. The molecule has 0 heterocycles. The fourth-order valence-electron chi connectivity index (χ4n) is 2.60. The van der Waals surface area contributed by atoms with Gasteiger partial charge in [0.15, 0.2) is 0 Å². The van der Waals surface area contributed by atoms with Crippen LogP contribution in [0.4, 0.5) is 0 Å². The van der Waals surface area contributed by atoms with Crippen LogP contribution in [0.15, 0.2) is 0 Å². The third kappa shape index (κ3) is 4.00. The second-order valence-corrected chi connectivity index (χ2v) is 5.18. The number of nitrogens with one attached hydrogen (secondary N) is 1. The van der Waals surface area contributed by atoms with E-state index in [4.69, 9.17) is 11.5 Å². The molecule has 0 aliphatic heterocycles. The number of carbonyl (C=O) groups is 2. The molecule has 0 aromatic heterocycles. The highest BCUT2D eigenvalue weighted by atomic mass is 16.2. The number of amides is 2. The van der Waals surface area contributed by atoms with Crippen LogP contribution in [0.5, 0.6) is 0 Å². The predicted molar refractivity (Wildman–Crippen MR) is 65.9 cm³/mol. The average Bonchev–Trinajstić information content (AvgIpc) is 2.15. The van der Waals surface area contributed by atoms with Gasteiger partial charge in [0.05, 0.1) is 5.92 Å². The minimum absolute atomic E-state index is 0.0431. The lowest BCUT2D eigenvalue weighted by Gasteiger charge is -2.33. The number of rotatable bonds is 4. The van der Waals surface area contributed by atoms with Crippen LogP contribution in [-0.2, 0) is 9.59 Å². The van der Waals surface area contributed by atoms with Crippen LogP contribution in [0.2, 0.25) is 0 Å². The van der Waals surface area contributed by atoms with Crippen molar-refractivity contribution >= 4 is 11.8 Å². The zero-order valence-electron chi connectivity index (χ0n) is 10.6. The van der Waals surface area contributed by atoms with Gasteiger partial charge in [-0.25, -0.2) is 0 Å². The molecule has 1 aliphatic carbocycles. The molecule has 4 unspecified atom stereocenters. The van der Waals surface area contributed by atoms with Crippen LogP contribution < -0.4 is 16.8 Å². The molecule has 98 valence electrons. The highest BCUT2D eigenvalue weighted by molar-refractivity contribution is 5.81. The van der Waals surface area contributed by atoms with Gasteiger partial charge in [0, 0.05) is 18.5 Å². The Balaban J connectivity index is 2.53. The van der Waals surface area contributed by atoms with Crippen molar-refractivity contribution in [2.75, 3.05) is 0 Å². The van der Waals surface area contributed by atoms with E-state index in [-0.39, 0.29) is 30.3 Å². The van der Waals surface area contributed by atoms with Gasteiger partial charge in [-0.3, -0.25) is 9.59 Å². The van der Waals surface area contributed by atoms with Crippen molar-refractivity contribution in [2.45, 2.75) is 51.6 Å². The number of nitrogens with two attached hydrogens (primary N) is 2. The molecule has 17 heavy (non-hydrogen) atoms. The number of carbonyl (C=O) groups excluding carboxylic acids is 2. The van der Waals surface area contributed by atoms with E-state index in [0.717, 1.165) is 19.3 Å². The van der Waals surface area contributed by atoms with Crippen molar-refractivity contribution in [2.24, 2.45) is 23.3 Å². The molecular weight excluding hydrogens is 218 g/mol. The lowest BCUT2D eigenvalue weighted by molar-refractivity contribution is -0.129. The second-order valence-electron chi connectivity index (χ2n) is 5.18. The molecule has 0 radical (unpaired) electrons. The first kappa shape index (κ1) is 14.0. The monoisotopic (exact) mass is 241 g/mol. The summed E-state index contributed by atoms with van der Waals surface area (Å²) >= 11 is 0. The number of primary amides is 1. The largest absolute Gasteiger partial charge is 0.370 e. The van der Waals surface area contributed by atoms with Gasteiger partial charge in [-0.15, -0.1) is 0 Å². The van der Waals surface area contributed by atoms with E-state index in [2.05, 4.69) is 12.2 Å². The predicted octanol–water partition coefficient (Wildman–Crippen LogP) is 0.130. The Kier molecular flexibility index (Phi) is 4.93. The second kappa shape index (κ2) is 6.00. The van der Waals surface area contributed by atoms with Crippen LogP contribution in [-0.4, -0.2) is 23.9 Å². The quantitative estimate of drug-likeness (QED) is 0.652. The van der Waals surface area contributed by atoms with E-state index < -0.39 is 5.91 Å². The van der Waals surface area contributed by atoms with Crippen molar-refractivity contribution in [3.05, 3.63) is 0 Å². The molecule has 0 aromatic carbocycles. The van der Waals surface area contributed by atoms with E-state index in [1.54, 1.807) is 6.92 Å². The molecule has 0 aromatic rings. The smallest absolute Gasteiger partial charge is 0.225 e. The van der Waals surface area contributed by atoms with Crippen molar-refractivity contribution in [1.29, 1.82) is 0 Å². The first-order chi connectivity index (χ1) is 7.91. The van der Waals surface area contributed by atoms with Crippen molar-refractivity contribution in [1.82, 2.24) is 5.32 Å². The molecule has 1 saturated carbocycles. The van der Waals surface area contributed by atoms with Crippen LogP contribution in [0, 0.1) is 11.8 Å². The van der Waals surface area contributed by atoms with Gasteiger partial charge in [0.25, 0.3) is 0 Å². The molecule has 5 nitrogen and oxygen atoms in total. The van der Waals surface area contributed by atoms with Gasteiger partial charge >= 0.3 is 0 Å². The summed E-state index contributed by atoms with van der Waals surface area (Å²) in [7, 11) is 0. The summed E-state index contributed by atoms with van der Waals surface area (Å²) in [5.41, 5.74) is 11.1. The summed E-state index contributed by atoms with van der Waals surface area (Å²) in [5.74, 6) is -0.282. The Morgan fingerprint density at radius 2 is 2.06 bits per heavy atom. The molecule has 0 spiro atoms. The molecule has 2 amide bonds. The summed E-state index contributed by atoms with van der Waals surface area (Å²) in [6.07, 6.45) is 3.19. The van der Waals surface area contributed by atoms with Crippen molar-refractivity contribution < 1.29 is 9.59 Å². The van der Waals surface area contributed by atoms with Gasteiger partial charge in [-0.05, 0) is 25.7 Å². The Bertz CT molecular complexity index is 283. The highest BCUT2D eigenvalue weighted by Crippen LogP contribution is 2.29. The van der Waals surface area contributed by atoms with Crippen LogP contribution in [0.3, 0.4) is 0 Å². The Labute approximate surface area is 102 Å². The van der Waals surface area contributed by atoms with E-state index in [0.29, 0.717) is 5.92 Å². The number of hydrogen-bond acceptors (Lipinski definition) is 3. The van der Waals surface area contributed by atoms with E-state index in [1.165, 1.54) is 0 Å². The van der Waals surface area contributed by atoms with E-state index >= 15 is 0 Å². The van der Waals surface area contributed by atoms with Gasteiger partial charge in [-0.2, -0.15) is 0 Å². The summed E-state index contributed by atoms with van der Waals surface area (Å²) < 4.78 is 0. The maximum atomic E-state index is 12.1. The minimum Gasteiger partial charge on any atom is -0.370 e. The van der Waals surface area contributed by atoms with Crippen molar-refractivity contribution in [3.63, 3.8) is 0 Å². The molecule has 5 heteroatoms. The summed E-state index contributed by atoms with van der Waals surface area (Å²) in [4.78, 5) is 22.8. The molecule has 1 fully saturated rings. The third-order valence-electron chi connectivity index (χ3n) is 3.47. The standard InChI is InChI=1S/C12H23N3O2/c1-7-4-3-5-9(13)11(7)12(17)15-8(2)6-10(14)16/h7-9,11H,3-6,13H2,1-2H3,(H2,14,16)(H,15,17). The normalized spacial score (nSPS) is 30.6. The van der Waals surface area contributed by atoms with Gasteiger partial charge in [0.2, 0.25) is 11.8 Å². The maximum absolute atomic E-state index is 12.1. The van der Waals surface area contributed by atoms with Crippen molar-refractivity contribution in [3.8, 4) is 0 Å². The molecule has 0 saturated heterocycles. The molecule has 1 aliphatic rings. The SMILES string of the molecule is CC(CC(N)=O)NC(=O)C1C(C)CCCC1N. The summed E-state index contributed by atoms with van der Waals surface area (Å²) in [6.45, 7) is 3.84. The fourth-order valence-corrected chi connectivity index (χ4v) is 2.60. The topological polar surface area (TPSA) is 98.2 Å². The van der Waals surface area contributed by atoms with E-state index in [1.807, 2.05) is 0 Å². The summed E-state index contributed by atoms with van der Waals surface area (Å²) in [6, 6.07) is -0.291. The minimum atomic E-state index is -0.404. The first-order valence-corrected chi connectivity index (χ1v) is 6.26. The molecule has 0 bridgehead atoms. The molecule has 5 N–H and O–H groups in total. The van der Waals surface area contributed by atoms with Gasteiger partial charge in [-0.1, -0.05) is 13.3 Å². The maximum Gasteiger partial charge on any atom is 0.225 e. The molecular formula is C12H23N3O2. The van der Waals surface area contributed by atoms with E-state index in [9.17, 15) is 9.59 Å². The Morgan fingerprint density at radius 1 is 1.41 bits per heavy atom. The average molecular weight is 241 g/mol. The third-order valence-corrected chi connectivity index (χ3v) is 3.47. The zero-order chi connectivity index (χ0) is 13.0. The Morgan fingerprint density at radius 3 is 2.59 bits per heavy atom. The number of hydrogen-bond donors (Lipinski definition) is 3. The van der Waals surface area contributed by atoms with Crippen LogP contribution in [0.1, 0.15) is 39.5 Å². The van der Waals surface area contributed by atoms with Crippen LogP contribution in [0.25, 0.3) is 0 Å². The lowest BCUT2D eigenvalue weighted by atomic mass is 9.76. The molecule has 1 rings (SSSR count). The van der Waals surface area contributed by atoms with Gasteiger partial charge < -0.3 is 16.8 Å². The highest BCUT2D eigenvalue weighted by Gasteiger charge is 2.34. The Hall–Kier alpha value is -1.10. The van der Waals surface area contributed by atoms with Crippen LogP contribution >= 0.6 is 0 Å². The van der Waals surface area contributed by atoms with Gasteiger partial charge in [0.1, 0.15) is 0 Å². The summed E-state index contributed by atoms with van der Waals surface area (Å²) in [5, 5.41) is 2.82. The first-order valence-electron chi connectivity index (χ1n) is 6.26. The zero-order valence-corrected chi connectivity index (χ0v) is 10.6.